The first kappa shape index (κ1) is 12.0. The van der Waals surface area contributed by atoms with Crippen LogP contribution in [-0.2, 0) is 7.05 Å². The molecule has 1 aromatic carbocycles. The number of nitrogens with zero attached hydrogens (tertiary/aromatic N) is 1. The second-order valence-corrected chi connectivity index (χ2v) is 4.24. The van der Waals surface area contributed by atoms with Gasteiger partial charge in [0.1, 0.15) is 5.75 Å². The first-order chi connectivity index (χ1) is 8.10. The van der Waals surface area contributed by atoms with Crippen molar-refractivity contribution in [2.45, 2.75) is 13.0 Å². The SMILES string of the molecule is COc1ccc2c(c1)c(C)c(C(N)CO)n2C. The van der Waals surface area contributed by atoms with Gasteiger partial charge in [-0.3, -0.25) is 0 Å². The van der Waals surface area contributed by atoms with Crippen LogP contribution < -0.4 is 10.5 Å². The number of aliphatic hydroxyl groups is 1. The molecule has 4 nitrogen and oxygen atoms in total. The molecular weight excluding hydrogens is 216 g/mol. The minimum absolute atomic E-state index is 0.0534. The van der Waals surface area contributed by atoms with Crippen molar-refractivity contribution >= 4 is 10.9 Å². The number of aliphatic hydroxyl groups excluding tert-OH is 1. The van der Waals surface area contributed by atoms with E-state index in [1.807, 2.05) is 36.7 Å². The molecule has 0 saturated carbocycles. The number of aryl methyl sites for hydroxylation is 2. The second-order valence-electron chi connectivity index (χ2n) is 4.24. The van der Waals surface area contributed by atoms with Gasteiger partial charge in [0.2, 0.25) is 0 Å². The number of benzene rings is 1. The summed E-state index contributed by atoms with van der Waals surface area (Å²) in [6, 6.07) is 5.58. The number of ether oxygens (including phenoxy) is 1. The Hall–Kier alpha value is -1.52. The van der Waals surface area contributed by atoms with Crippen molar-refractivity contribution in [3.05, 3.63) is 29.5 Å². The lowest BCUT2D eigenvalue weighted by Crippen LogP contribution is -2.18. The van der Waals surface area contributed by atoms with Gasteiger partial charge in [0.05, 0.1) is 19.8 Å². The molecule has 17 heavy (non-hydrogen) atoms. The van der Waals surface area contributed by atoms with Gasteiger partial charge in [-0.1, -0.05) is 0 Å². The molecule has 0 radical (unpaired) electrons. The van der Waals surface area contributed by atoms with E-state index >= 15 is 0 Å². The van der Waals surface area contributed by atoms with E-state index in [9.17, 15) is 5.11 Å². The van der Waals surface area contributed by atoms with Gasteiger partial charge in [-0.2, -0.15) is 0 Å². The molecule has 0 fully saturated rings. The van der Waals surface area contributed by atoms with E-state index in [1.54, 1.807) is 7.11 Å². The lowest BCUT2D eigenvalue weighted by Gasteiger charge is -2.11. The van der Waals surface area contributed by atoms with Gasteiger partial charge >= 0.3 is 0 Å². The Balaban J connectivity index is 2.71. The highest BCUT2D eigenvalue weighted by atomic mass is 16.5. The topological polar surface area (TPSA) is 60.4 Å². The first-order valence-corrected chi connectivity index (χ1v) is 5.59. The van der Waals surface area contributed by atoms with Crippen LogP contribution in [0.3, 0.4) is 0 Å². The van der Waals surface area contributed by atoms with Crippen LogP contribution >= 0.6 is 0 Å². The molecule has 1 atom stereocenters. The summed E-state index contributed by atoms with van der Waals surface area (Å²) >= 11 is 0. The number of hydrogen-bond acceptors (Lipinski definition) is 3. The van der Waals surface area contributed by atoms with E-state index < -0.39 is 0 Å². The Morgan fingerprint density at radius 3 is 2.76 bits per heavy atom. The average Bonchev–Trinajstić information content (AvgIpc) is 2.60. The number of aromatic nitrogens is 1. The monoisotopic (exact) mass is 234 g/mol. The maximum Gasteiger partial charge on any atom is 0.119 e. The van der Waals surface area contributed by atoms with Crippen LogP contribution in [0, 0.1) is 6.92 Å². The van der Waals surface area contributed by atoms with Crippen molar-refractivity contribution in [1.29, 1.82) is 0 Å². The molecule has 0 aliphatic rings. The third-order valence-electron chi connectivity index (χ3n) is 3.26. The lowest BCUT2D eigenvalue weighted by molar-refractivity contribution is 0.264. The smallest absolute Gasteiger partial charge is 0.119 e. The fourth-order valence-electron chi connectivity index (χ4n) is 2.37. The summed E-state index contributed by atoms with van der Waals surface area (Å²) < 4.78 is 7.26. The van der Waals surface area contributed by atoms with Crippen LogP contribution in [0.25, 0.3) is 10.9 Å². The molecule has 0 saturated heterocycles. The van der Waals surface area contributed by atoms with Crippen molar-refractivity contribution in [2.24, 2.45) is 12.8 Å². The van der Waals surface area contributed by atoms with Crippen molar-refractivity contribution in [3.63, 3.8) is 0 Å². The normalized spacial score (nSPS) is 13.0. The molecule has 1 aromatic heterocycles. The minimum atomic E-state index is -0.349. The molecule has 0 spiro atoms. The van der Waals surface area contributed by atoms with Crippen LogP contribution in [0.5, 0.6) is 5.75 Å². The van der Waals surface area contributed by atoms with Crippen molar-refractivity contribution in [2.75, 3.05) is 13.7 Å². The van der Waals surface area contributed by atoms with E-state index in [2.05, 4.69) is 0 Å². The molecule has 4 heteroatoms. The lowest BCUT2D eigenvalue weighted by atomic mass is 10.1. The van der Waals surface area contributed by atoms with Crippen molar-refractivity contribution < 1.29 is 9.84 Å². The summed E-state index contributed by atoms with van der Waals surface area (Å²) in [5.41, 5.74) is 9.10. The standard InChI is InChI=1S/C13H18N2O2/c1-8-10-6-9(17-3)4-5-12(10)15(2)13(8)11(14)7-16/h4-6,11,16H,7,14H2,1-3H3. The number of hydrogen-bond donors (Lipinski definition) is 2. The minimum Gasteiger partial charge on any atom is -0.497 e. The Labute approximate surface area is 101 Å². The predicted molar refractivity (Wildman–Crippen MR) is 68.2 cm³/mol. The Morgan fingerprint density at radius 2 is 2.18 bits per heavy atom. The fourth-order valence-corrected chi connectivity index (χ4v) is 2.37. The van der Waals surface area contributed by atoms with Crippen molar-refractivity contribution in [3.8, 4) is 5.75 Å². The molecule has 2 rings (SSSR count). The highest BCUT2D eigenvalue weighted by Crippen LogP contribution is 2.30. The van der Waals surface area contributed by atoms with Gasteiger partial charge < -0.3 is 20.1 Å². The van der Waals surface area contributed by atoms with Gasteiger partial charge in [-0.15, -0.1) is 0 Å². The largest absolute Gasteiger partial charge is 0.497 e. The highest BCUT2D eigenvalue weighted by molar-refractivity contribution is 5.86. The maximum absolute atomic E-state index is 9.20. The van der Waals surface area contributed by atoms with Gasteiger partial charge in [-0.25, -0.2) is 0 Å². The maximum atomic E-state index is 9.20. The fraction of sp³-hybridized carbons (Fsp3) is 0.385. The zero-order valence-electron chi connectivity index (χ0n) is 10.4. The zero-order valence-corrected chi connectivity index (χ0v) is 10.4. The second kappa shape index (κ2) is 4.39. The Bertz CT molecular complexity index is 546. The van der Waals surface area contributed by atoms with Gasteiger partial charge in [0.15, 0.2) is 0 Å². The number of rotatable bonds is 3. The Morgan fingerprint density at radius 1 is 1.47 bits per heavy atom. The summed E-state index contributed by atoms with van der Waals surface area (Å²) in [5.74, 6) is 0.829. The van der Waals surface area contributed by atoms with E-state index in [-0.39, 0.29) is 12.6 Å². The summed E-state index contributed by atoms with van der Waals surface area (Å²) in [6.45, 7) is 1.97. The van der Waals surface area contributed by atoms with Gasteiger partial charge in [0, 0.05) is 23.6 Å². The van der Waals surface area contributed by atoms with Gasteiger partial charge in [0.25, 0.3) is 0 Å². The van der Waals surface area contributed by atoms with Crippen LogP contribution in [0.1, 0.15) is 17.3 Å². The molecule has 0 bridgehead atoms. The molecular formula is C13H18N2O2. The van der Waals surface area contributed by atoms with Crippen LogP contribution in [0.4, 0.5) is 0 Å². The summed E-state index contributed by atoms with van der Waals surface area (Å²) in [5, 5.41) is 10.3. The number of methoxy groups -OCH3 is 1. The molecule has 0 aliphatic carbocycles. The summed E-state index contributed by atoms with van der Waals surface area (Å²) in [6.07, 6.45) is 0. The van der Waals surface area contributed by atoms with Crippen LogP contribution in [0.2, 0.25) is 0 Å². The molecule has 3 N–H and O–H groups in total. The molecule has 1 unspecified atom stereocenters. The molecule has 2 aromatic rings. The van der Waals surface area contributed by atoms with E-state index in [0.29, 0.717) is 0 Å². The molecule has 0 aliphatic heterocycles. The molecule has 92 valence electrons. The van der Waals surface area contributed by atoms with E-state index in [1.165, 1.54) is 0 Å². The quantitative estimate of drug-likeness (QED) is 0.845. The zero-order chi connectivity index (χ0) is 12.6. The van der Waals surface area contributed by atoms with Crippen molar-refractivity contribution in [1.82, 2.24) is 4.57 Å². The number of nitrogens with two attached hydrogens (primary N) is 1. The molecule has 0 amide bonds. The molecule has 1 heterocycles. The first-order valence-electron chi connectivity index (χ1n) is 5.59. The predicted octanol–water partition coefficient (Wildman–Crippen LogP) is 1.49. The summed E-state index contributed by atoms with van der Waals surface area (Å²) in [7, 11) is 3.62. The highest BCUT2D eigenvalue weighted by Gasteiger charge is 2.17. The summed E-state index contributed by atoms with van der Waals surface area (Å²) in [4.78, 5) is 0. The number of fused-ring (bicyclic) bond motifs is 1. The van der Waals surface area contributed by atoms with E-state index in [4.69, 9.17) is 10.5 Å². The average molecular weight is 234 g/mol. The van der Waals surface area contributed by atoms with E-state index in [0.717, 1.165) is 27.9 Å². The Kier molecular flexibility index (Phi) is 3.09. The van der Waals surface area contributed by atoms with Crippen LogP contribution in [-0.4, -0.2) is 23.4 Å². The third-order valence-corrected chi connectivity index (χ3v) is 3.26. The van der Waals surface area contributed by atoms with Gasteiger partial charge in [-0.05, 0) is 30.7 Å². The van der Waals surface area contributed by atoms with Crippen LogP contribution in [0.15, 0.2) is 18.2 Å². The third kappa shape index (κ3) is 1.79.